The topological polar surface area (TPSA) is 51.1 Å². The number of carbonyl (C=O) groups is 2. The second-order valence-electron chi connectivity index (χ2n) is 7.04. The number of hydrogen-bond acceptors (Lipinski definition) is 2. The summed E-state index contributed by atoms with van der Waals surface area (Å²) in [6.07, 6.45) is 0. The van der Waals surface area contributed by atoms with Crippen LogP contribution in [0.2, 0.25) is 0 Å². The molecule has 3 rings (SSSR count). The molecule has 0 aliphatic rings. The molecular formula is C23H23FN2O2. The van der Waals surface area contributed by atoms with Crippen LogP contribution >= 0.6 is 0 Å². The van der Waals surface area contributed by atoms with Crippen molar-refractivity contribution in [2.24, 2.45) is 0 Å². The number of halogens is 1. The maximum atomic E-state index is 13.3. The molecule has 0 unspecified atom stereocenters. The fourth-order valence-electron chi connectivity index (χ4n) is 3.35. The van der Waals surface area contributed by atoms with E-state index in [2.05, 4.69) is 5.32 Å². The lowest BCUT2D eigenvalue weighted by molar-refractivity contribution is -0.116. The summed E-state index contributed by atoms with van der Waals surface area (Å²) in [7, 11) is 0. The van der Waals surface area contributed by atoms with Gasteiger partial charge in [-0.15, -0.1) is 0 Å². The van der Waals surface area contributed by atoms with Crippen molar-refractivity contribution in [3.63, 3.8) is 0 Å². The summed E-state index contributed by atoms with van der Waals surface area (Å²) in [5.41, 5.74) is 5.59. The molecule has 0 spiro atoms. The van der Waals surface area contributed by atoms with Crippen molar-refractivity contribution in [3.05, 3.63) is 76.7 Å². The number of nitrogens with zero attached hydrogens (tertiary/aromatic N) is 1. The normalized spacial score (nSPS) is 10.8. The summed E-state index contributed by atoms with van der Waals surface area (Å²) in [6, 6.07) is 13.6. The van der Waals surface area contributed by atoms with Gasteiger partial charge in [-0.05, 0) is 75.2 Å². The molecule has 1 heterocycles. The van der Waals surface area contributed by atoms with Crippen molar-refractivity contribution < 1.29 is 14.0 Å². The van der Waals surface area contributed by atoms with Crippen LogP contribution in [0.3, 0.4) is 0 Å². The molecule has 2 aromatic carbocycles. The smallest absolute Gasteiger partial charge is 0.244 e. The maximum absolute atomic E-state index is 13.3. The molecule has 3 aromatic rings. The largest absolute Gasteiger partial charge is 0.335 e. The Balaban J connectivity index is 1.94. The number of nitrogens with one attached hydrogen (secondary N) is 1. The molecule has 4 nitrogen and oxygen atoms in total. The summed E-state index contributed by atoms with van der Waals surface area (Å²) >= 11 is 0. The summed E-state index contributed by atoms with van der Waals surface area (Å²) in [5.74, 6) is -0.600. The number of anilines is 1. The number of rotatable bonds is 5. The first kappa shape index (κ1) is 19.5. The molecule has 0 fully saturated rings. The van der Waals surface area contributed by atoms with Crippen LogP contribution in [0.25, 0.3) is 11.3 Å². The van der Waals surface area contributed by atoms with Gasteiger partial charge in [-0.1, -0.05) is 17.7 Å². The molecule has 0 saturated carbocycles. The molecule has 1 amide bonds. The van der Waals surface area contributed by atoms with Crippen molar-refractivity contribution in [2.75, 3.05) is 5.32 Å². The average Bonchev–Trinajstić information content (AvgIpc) is 2.95. The highest BCUT2D eigenvalue weighted by molar-refractivity contribution is 5.97. The molecule has 0 radical (unpaired) electrons. The van der Waals surface area contributed by atoms with E-state index >= 15 is 0 Å². The fourth-order valence-corrected chi connectivity index (χ4v) is 3.35. The molecule has 5 heteroatoms. The van der Waals surface area contributed by atoms with E-state index in [9.17, 15) is 14.0 Å². The van der Waals surface area contributed by atoms with Crippen molar-refractivity contribution in [2.45, 2.75) is 34.2 Å². The highest BCUT2D eigenvalue weighted by atomic mass is 19.1. The van der Waals surface area contributed by atoms with Gasteiger partial charge in [0.1, 0.15) is 12.4 Å². The number of carbonyl (C=O) groups excluding carboxylic acids is 2. The van der Waals surface area contributed by atoms with Crippen LogP contribution in [0.15, 0.2) is 48.5 Å². The van der Waals surface area contributed by atoms with Crippen LogP contribution in [0.1, 0.15) is 34.1 Å². The van der Waals surface area contributed by atoms with E-state index in [1.807, 2.05) is 39.0 Å². The SMILES string of the molecule is CC(=O)c1cc(-c2ccc(F)cc2)n(CC(=O)Nc2ccc(C)cc2C)c1C. The Morgan fingerprint density at radius 2 is 1.68 bits per heavy atom. The number of Topliss-reactive ketones (excluding diaryl/α,β-unsaturated/α-hetero) is 1. The maximum Gasteiger partial charge on any atom is 0.244 e. The van der Waals surface area contributed by atoms with Crippen LogP contribution in [0, 0.1) is 26.6 Å². The Bertz CT molecular complexity index is 1050. The first-order valence-electron chi connectivity index (χ1n) is 9.10. The van der Waals surface area contributed by atoms with Gasteiger partial charge in [0.05, 0.1) is 0 Å². The van der Waals surface area contributed by atoms with E-state index in [4.69, 9.17) is 0 Å². The molecular weight excluding hydrogens is 355 g/mol. The fraction of sp³-hybridized carbons (Fsp3) is 0.217. The lowest BCUT2D eigenvalue weighted by Crippen LogP contribution is -2.20. The minimum absolute atomic E-state index is 0.0547. The van der Waals surface area contributed by atoms with Gasteiger partial charge < -0.3 is 9.88 Å². The summed E-state index contributed by atoms with van der Waals surface area (Å²) in [4.78, 5) is 24.7. The zero-order valence-corrected chi connectivity index (χ0v) is 16.5. The second-order valence-corrected chi connectivity index (χ2v) is 7.04. The molecule has 0 bridgehead atoms. The molecule has 0 saturated heterocycles. The van der Waals surface area contributed by atoms with Gasteiger partial charge in [0.15, 0.2) is 5.78 Å². The molecule has 1 aromatic heterocycles. The standard InChI is InChI=1S/C23H23FN2O2/c1-14-5-10-21(15(2)11-14)25-23(28)13-26-16(3)20(17(4)27)12-22(26)18-6-8-19(24)9-7-18/h5-12H,13H2,1-4H3,(H,25,28). The number of hydrogen-bond donors (Lipinski definition) is 1. The molecule has 0 aliphatic carbocycles. The van der Waals surface area contributed by atoms with Crippen LogP contribution < -0.4 is 5.32 Å². The second kappa shape index (κ2) is 7.80. The Morgan fingerprint density at radius 1 is 1.00 bits per heavy atom. The first-order valence-corrected chi connectivity index (χ1v) is 9.10. The van der Waals surface area contributed by atoms with Crippen molar-refractivity contribution in [3.8, 4) is 11.3 Å². The Labute approximate surface area is 164 Å². The monoisotopic (exact) mass is 378 g/mol. The number of ketones is 1. The minimum Gasteiger partial charge on any atom is -0.335 e. The Morgan fingerprint density at radius 3 is 2.29 bits per heavy atom. The third-order valence-electron chi connectivity index (χ3n) is 4.84. The molecule has 1 N–H and O–H groups in total. The highest BCUT2D eigenvalue weighted by Gasteiger charge is 2.18. The molecule has 144 valence electrons. The van der Waals surface area contributed by atoms with Crippen LogP contribution in [0.4, 0.5) is 10.1 Å². The number of aromatic nitrogens is 1. The zero-order valence-electron chi connectivity index (χ0n) is 16.5. The van der Waals surface area contributed by atoms with E-state index in [-0.39, 0.29) is 24.1 Å². The van der Waals surface area contributed by atoms with Crippen LogP contribution in [0.5, 0.6) is 0 Å². The van der Waals surface area contributed by atoms with E-state index in [1.165, 1.54) is 19.1 Å². The van der Waals surface area contributed by atoms with E-state index in [0.717, 1.165) is 22.4 Å². The number of benzene rings is 2. The predicted octanol–water partition coefficient (Wildman–Crippen LogP) is 5.06. The summed E-state index contributed by atoms with van der Waals surface area (Å²) in [6.45, 7) is 7.31. The molecule has 28 heavy (non-hydrogen) atoms. The van der Waals surface area contributed by atoms with Crippen molar-refractivity contribution in [1.29, 1.82) is 0 Å². The predicted molar refractivity (Wildman–Crippen MR) is 109 cm³/mol. The van der Waals surface area contributed by atoms with Crippen molar-refractivity contribution in [1.82, 2.24) is 4.57 Å². The average molecular weight is 378 g/mol. The minimum atomic E-state index is -0.335. The van der Waals surface area contributed by atoms with Crippen LogP contribution in [-0.4, -0.2) is 16.3 Å². The molecule has 0 atom stereocenters. The third-order valence-corrected chi connectivity index (χ3v) is 4.84. The zero-order chi connectivity index (χ0) is 20.4. The van der Waals surface area contributed by atoms with Gasteiger partial charge in [0, 0.05) is 22.6 Å². The van der Waals surface area contributed by atoms with Crippen molar-refractivity contribution >= 4 is 17.4 Å². The van der Waals surface area contributed by atoms with E-state index in [0.29, 0.717) is 17.0 Å². The van der Waals surface area contributed by atoms with E-state index in [1.54, 1.807) is 22.8 Å². The van der Waals surface area contributed by atoms with Gasteiger partial charge in [-0.25, -0.2) is 4.39 Å². The van der Waals surface area contributed by atoms with E-state index < -0.39 is 0 Å². The third kappa shape index (κ3) is 4.03. The van der Waals surface area contributed by atoms with Gasteiger partial charge in [-0.2, -0.15) is 0 Å². The lowest BCUT2D eigenvalue weighted by atomic mass is 10.1. The Hall–Kier alpha value is -3.21. The van der Waals surface area contributed by atoms with Gasteiger partial charge in [-0.3, -0.25) is 9.59 Å². The highest BCUT2D eigenvalue weighted by Crippen LogP contribution is 2.27. The van der Waals surface area contributed by atoms with Gasteiger partial charge in [0.2, 0.25) is 5.91 Å². The quantitative estimate of drug-likeness (QED) is 0.631. The number of amides is 1. The van der Waals surface area contributed by atoms with Crippen LogP contribution in [-0.2, 0) is 11.3 Å². The first-order chi connectivity index (χ1) is 13.3. The summed E-state index contributed by atoms with van der Waals surface area (Å²) < 4.78 is 15.1. The Kier molecular flexibility index (Phi) is 5.45. The number of aryl methyl sites for hydroxylation is 2. The van der Waals surface area contributed by atoms with Gasteiger partial charge >= 0.3 is 0 Å². The molecule has 0 aliphatic heterocycles. The lowest BCUT2D eigenvalue weighted by Gasteiger charge is -2.14. The van der Waals surface area contributed by atoms with Gasteiger partial charge in [0.25, 0.3) is 0 Å². The summed E-state index contributed by atoms with van der Waals surface area (Å²) in [5, 5.41) is 2.93.